The Kier molecular flexibility index (Phi) is 7.23. The molecule has 138 valence electrons. The van der Waals surface area contributed by atoms with Gasteiger partial charge >= 0.3 is 0 Å². The Labute approximate surface area is 154 Å². The van der Waals surface area contributed by atoms with Gasteiger partial charge in [-0.05, 0) is 63.4 Å². The van der Waals surface area contributed by atoms with Crippen molar-refractivity contribution in [3.63, 3.8) is 0 Å². The van der Waals surface area contributed by atoms with Crippen molar-refractivity contribution in [2.24, 2.45) is 5.92 Å². The number of piperidine rings is 1. The van der Waals surface area contributed by atoms with E-state index in [0.717, 1.165) is 37.9 Å². The molecule has 2 aliphatic heterocycles. The summed E-state index contributed by atoms with van der Waals surface area (Å²) >= 11 is 0. The highest BCUT2D eigenvalue weighted by atomic mass is 35.5. The van der Waals surface area contributed by atoms with Crippen LogP contribution in [0.3, 0.4) is 0 Å². The molecule has 7 heteroatoms. The van der Waals surface area contributed by atoms with E-state index in [1.165, 1.54) is 0 Å². The summed E-state index contributed by atoms with van der Waals surface area (Å²) in [5.41, 5.74) is 1.46. The van der Waals surface area contributed by atoms with Gasteiger partial charge < -0.3 is 20.7 Å². The molecule has 1 unspecified atom stereocenters. The van der Waals surface area contributed by atoms with E-state index < -0.39 is 0 Å². The van der Waals surface area contributed by atoms with E-state index in [9.17, 15) is 9.59 Å². The number of hydrogen-bond donors (Lipinski definition) is 3. The number of amides is 2. The van der Waals surface area contributed by atoms with Crippen molar-refractivity contribution >= 4 is 35.6 Å². The normalized spacial score (nSPS) is 25.7. The zero-order chi connectivity index (χ0) is 16.9. The van der Waals surface area contributed by atoms with E-state index in [0.29, 0.717) is 18.3 Å². The molecule has 2 saturated heterocycles. The third-order valence-corrected chi connectivity index (χ3v) is 4.64. The van der Waals surface area contributed by atoms with Crippen LogP contribution >= 0.6 is 12.4 Å². The van der Waals surface area contributed by atoms with E-state index >= 15 is 0 Å². The molecule has 0 radical (unpaired) electrons. The average molecular weight is 368 g/mol. The van der Waals surface area contributed by atoms with Gasteiger partial charge in [0.15, 0.2) is 0 Å². The minimum Gasteiger partial charge on any atom is -0.368 e. The monoisotopic (exact) mass is 367 g/mol. The SMILES string of the molecule is C[C@H]1C[C@@H](C(=O)Nc2ccc(NC(=O)C3CCCO3)cc2)CCN1.Cl. The summed E-state index contributed by atoms with van der Waals surface area (Å²) in [5.74, 6) is 0.0209. The average Bonchev–Trinajstić information content (AvgIpc) is 3.11. The van der Waals surface area contributed by atoms with E-state index in [4.69, 9.17) is 4.74 Å². The van der Waals surface area contributed by atoms with Crippen LogP contribution in [0.4, 0.5) is 11.4 Å². The fourth-order valence-electron chi connectivity index (χ4n) is 3.26. The summed E-state index contributed by atoms with van der Waals surface area (Å²) in [4.78, 5) is 24.3. The van der Waals surface area contributed by atoms with Gasteiger partial charge in [0.2, 0.25) is 5.91 Å². The third kappa shape index (κ3) is 5.42. The van der Waals surface area contributed by atoms with Crippen molar-refractivity contribution in [1.82, 2.24) is 5.32 Å². The highest BCUT2D eigenvalue weighted by Gasteiger charge is 2.25. The van der Waals surface area contributed by atoms with Crippen LogP contribution in [0.1, 0.15) is 32.6 Å². The van der Waals surface area contributed by atoms with E-state index in [1.54, 1.807) is 12.1 Å². The Morgan fingerprint density at radius 2 is 1.72 bits per heavy atom. The van der Waals surface area contributed by atoms with E-state index in [1.807, 2.05) is 12.1 Å². The van der Waals surface area contributed by atoms with Gasteiger partial charge in [-0.25, -0.2) is 0 Å². The van der Waals surface area contributed by atoms with Crippen molar-refractivity contribution < 1.29 is 14.3 Å². The summed E-state index contributed by atoms with van der Waals surface area (Å²) in [6.07, 6.45) is 3.09. The first-order valence-corrected chi connectivity index (χ1v) is 8.68. The van der Waals surface area contributed by atoms with Crippen LogP contribution in [-0.4, -0.2) is 37.1 Å². The van der Waals surface area contributed by atoms with Gasteiger partial charge in [-0.1, -0.05) is 0 Å². The maximum atomic E-state index is 12.3. The number of anilines is 2. The molecule has 6 nitrogen and oxygen atoms in total. The van der Waals surface area contributed by atoms with Gasteiger partial charge in [-0.15, -0.1) is 12.4 Å². The molecule has 25 heavy (non-hydrogen) atoms. The van der Waals surface area contributed by atoms with Gasteiger partial charge in [0, 0.05) is 29.9 Å². The lowest BCUT2D eigenvalue weighted by molar-refractivity contribution is -0.124. The van der Waals surface area contributed by atoms with Crippen LogP contribution in [0.5, 0.6) is 0 Å². The van der Waals surface area contributed by atoms with Crippen molar-refractivity contribution in [3.8, 4) is 0 Å². The summed E-state index contributed by atoms with van der Waals surface area (Å²) in [7, 11) is 0. The predicted molar refractivity (Wildman–Crippen MR) is 100 cm³/mol. The minimum atomic E-state index is -0.341. The molecule has 1 aromatic carbocycles. The third-order valence-electron chi connectivity index (χ3n) is 4.64. The summed E-state index contributed by atoms with van der Waals surface area (Å²) in [5, 5.41) is 9.16. The summed E-state index contributed by atoms with van der Waals surface area (Å²) in [6.45, 7) is 3.64. The Morgan fingerprint density at radius 3 is 2.28 bits per heavy atom. The van der Waals surface area contributed by atoms with Crippen LogP contribution in [0.2, 0.25) is 0 Å². The fourth-order valence-corrected chi connectivity index (χ4v) is 3.26. The second kappa shape index (κ2) is 9.17. The van der Waals surface area contributed by atoms with Gasteiger partial charge in [0.05, 0.1) is 0 Å². The number of ether oxygens (including phenoxy) is 1. The fraction of sp³-hybridized carbons (Fsp3) is 0.556. The zero-order valence-electron chi connectivity index (χ0n) is 14.4. The highest BCUT2D eigenvalue weighted by Crippen LogP contribution is 2.20. The smallest absolute Gasteiger partial charge is 0.253 e. The van der Waals surface area contributed by atoms with Crippen LogP contribution in [-0.2, 0) is 14.3 Å². The molecule has 0 bridgehead atoms. The summed E-state index contributed by atoms with van der Waals surface area (Å²) < 4.78 is 5.36. The number of benzene rings is 1. The van der Waals surface area contributed by atoms with Gasteiger partial charge in [-0.2, -0.15) is 0 Å². The quantitative estimate of drug-likeness (QED) is 0.764. The molecule has 3 rings (SSSR count). The first-order valence-electron chi connectivity index (χ1n) is 8.68. The van der Waals surface area contributed by atoms with Crippen LogP contribution in [0.15, 0.2) is 24.3 Å². The molecule has 1 aromatic rings. The molecule has 2 amide bonds. The molecule has 0 aromatic heterocycles. The maximum Gasteiger partial charge on any atom is 0.253 e. The molecule has 3 N–H and O–H groups in total. The second-order valence-corrected chi connectivity index (χ2v) is 6.63. The Bertz CT molecular complexity index is 588. The topological polar surface area (TPSA) is 79.5 Å². The zero-order valence-corrected chi connectivity index (χ0v) is 15.2. The van der Waals surface area contributed by atoms with Gasteiger partial charge in [0.1, 0.15) is 6.10 Å². The van der Waals surface area contributed by atoms with Crippen molar-refractivity contribution in [3.05, 3.63) is 24.3 Å². The molecule has 2 fully saturated rings. The molecule has 2 aliphatic rings. The highest BCUT2D eigenvalue weighted by molar-refractivity contribution is 5.95. The first kappa shape index (κ1) is 19.7. The Balaban J connectivity index is 0.00000225. The minimum absolute atomic E-state index is 0. The van der Waals surface area contributed by atoms with Gasteiger partial charge in [-0.3, -0.25) is 9.59 Å². The van der Waals surface area contributed by atoms with Gasteiger partial charge in [0.25, 0.3) is 5.91 Å². The van der Waals surface area contributed by atoms with Crippen LogP contribution in [0, 0.1) is 5.92 Å². The maximum absolute atomic E-state index is 12.3. The standard InChI is InChI=1S/C18H25N3O3.ClH/c1-12-11-13(8-9-19-12)17(22)20-14-4-6-15(7-5-14)21-18(23)16-3-2-10-24-16;/h4-7,12-13,16,19H,2-3,8-11H2,1H3,(H,20,22)(H,21,23);1H/t12-,13-,16?;/m0./s1. The predicted octanol–water partition coefficient (Wildman–Crippen LogP) is 2.55. The number of halogens is 1. The number of rotatable bonds is 4. The largest absolute Gasteiger partial charge is 0.368 e. The van der Waals surface area contributed by atoms with Crippen molar-refractivity contribution in [2.75, 3.05) is 23.8 Å². The summed E-state index contributed by atoms with van der Waals surface area (Å²) in [6, 6.07) is 7.60. The lowest BCUT2D eigenvalue weighted by Gasteiger charge is -2.27. The molecule has 0 aliphatic carbocycles. The lowest BCUT2D eigenvalue weighted by Crippen LogP contribution is -2.40. The Morgan fingerprint density at radius 1 is 1.08 bits per heavy atom. The Hall–Kier alpha value is -1.63. The lowest BCUT2D eigenvalue weighted by atomic mass is 9.92. The van der Waals surface area contributed by atoms with Crippen LogP contribution < -0.4 is 16.0 Å². The van der Waals surface area contributed by atoms with E-state index in [-0.39, 0.29) is 36.2 Å². The molecular weight excluding hydrogens is 342 g/mol. The molecule has 0 spiro atoms. The van der Waals surface area contributed by atoms with E-state index in [2.05, 4.69) is 22.9 Å². The number of hydrogen-bond acceptors (Lipinski definition) is 4. The number of carbonyl (C=O) groups is 2. The number of nitrogens with one attached hydrogen (secondary N) is 3. The van der Waals surface area contributed by atoms with Crippen molar-refractivity contribution in [2.45, 2.75) is 44.8 Å². The molecule has 2 heterocycles. The first-order chi connectivity index (χ1) is 11.6. The van der Waals surface area contributed by atoms with Crippen molar-refractivity contribution in [1.29, 1.82) is 0 Å². The van der Waals surface area contributed by atoms with Crippen LogP contribution in [0.25, 0.3) is 0 Å². The molecular formula is C18H26ClN3O3. The number of carbonyl (C=O) groups excluding carboxylic acids is 2. The second-order valence-electron chi connectivity index (χ2n) is 6.63. The molecule has 3 atom stereocenters. The molecule has 0 saturated carbocycles.